The Morgan fingerprint density at radius 1 is 1.10 bits per heavy atom. The first-order valence-corrected chi connectivity index (χ1v) is 9.94. The molecule has 4 rings (SSSR count). The maximum Gasteiger partial charge on any atom is 0.258 e. The highest BCUT2D eigenvalue weighted by molar-refractivity contribution is 5.97. The number of benzene rings is 1. The average molecular weight is 401 g/mol. The second-order valence-electron chi connectivity index (χ2n) is 6.90. The number of rotatable bonds is 7. The summed E-state index contributed by atoms with van der Waals surface area (Å²) in [6.07, 6.45) is 3.83. The van der Waals surface area contributed by atoms with Crippen LogP contribution in [-0.4, -0.2) is 32.1 Å². The molecule has 3 aromatic heterocycles. The van der Waals surface area contributed by atoms with Crippen LogP contribution in [0.2, 0.25) is 0 Å². The van der Waals surface area contributed by atoms with Crippen molar-refractivity contribution in [3.05, 3.63) is 78.0 Å². The maximum absolute atomic E-state index is 12.8. The molecule has 3 heterocycles. The standard InChI is InChI=1S/C23H23N5O2/c1-3-28-16(2)19(15-20(28)17-7-5-4-6-8-17)22(29)25-14-11-21-26-23(30-27-21)18-9-12-24-13-10-18/h4-10,12-13,15H,3,11,14H2,1-2H3,(H,25,29). The number of pyridine rings is 1. The van der Waals surface area contributed by atoms with Crippen LogP contribution in [0.5, 0.6) is 0 Å². The minimum Gasteiger partial charge on any atom is -0.352 e. The summed E-state index contributed by atoms with van der Waals surface area (Å²) in [6.45, 7) is 5.28. The van der Waals surface area contributed by atoms with Crippen molar-refractivity contribution in [3.8, 4) is 22.7 Å². The molecule has 0 atom stereocenters. The Balaban J connectivity index is 1.42. The Morgan fingerprint density at radius 3 is 2.60 bits per heavy atom. The number of hydrogen-bond acceptors (Lipinski definition) is 5. The zero-order valence-corrected chi connectivity index (χ0v) is 17.0. The predicted octanol–water partition coefficient (Wildman–Crippen LogP) is 3.90. The Bertz CT molecular complexity index is 1130. The van der Waals surface area contributed by atoms with Gasteiger partial charge in [0.25, 0.3) is 11.8 Å². The molecule has 4 aromatic rings. The molecule has 1 aromatic carbocycles. The van der Waals surface area contributed by atoms with Gasteiger partial charge in [0.15, 0.2) is 5.82 Å². The van der Waals surface area contributed by atoms with Crippen molar-refractivity contribution >= 4 is 5.91 Å². The highest BCUT2D eigenvalue weighted by Crippen LogP contribution is 2.26. The van der Waals surface area contributed by atoms with Gasteiger partial charge in [-0.3, -0.25) is 9.78 Å². The van der Waals surface area contributed by atoms with E-state index in [4.69, 9.17) is 4.52 Å². The topological polar surface area (TPSA) is 85.8 Å². The van der Waals surface area contributed by atoms with Crippen molar-refractivity contribution in [2.45, 2.75) is 26.8 Å². The van der Waals surface area contributed by atoms with Gasteiger partial charge in [-0.05, 0) is 37.6 Å². The summed E-state index contributed by atoms with van der Waals surface area (Å²) < 4.78 is 7.45. The molecule has 1 N–H and O–H groups in total. The summed E-state index contributed by atoms with van der Waals surface area (Å²) in [7, 11) is 0. The monoisotopic (exact) mass is 401 g/mol. The third-order valence-corrected chi connectivity index (χ3v) is 5.03. The zero-order chi connectivity index (χ0) is 20.9. The first-order chi connectivity index (χ1) is 14.7. The van der Waals surface area contributed by atoms with Crippen molar-refractivity contribution in [2.24, 2.45) is 0 Å². The van der Waals surface area contributed by atoms with E-state index in [1.54, 1.807) is 12.4 Å². The van der Waals surface area contributed by atoms with E-state index in [0.29, 0.717) is 30.2 Å². The van der Waals surface area contributed by atoms with Crippen molar-refractivity contribution in [3.63, 3.8) is 0 Å². The normalized spacial score (nSPS) is 10.9. The van der Waals surface area contributed by atoms with Gasteiger partial charge < -0.3 is 14.4 Å². The van der Waals surface area contributed by atoms with E-state index in [0.717, 1.165) is 29.1 Å². The Labute approximate surface area is 174 Å². The zero-order valence-electron chi connectivity index (χ0n) is 17.0. The van der Waals surface area contributed by atoms with E-state index in [1.807, 2.05) is 43.3 Å². The van der Waals surface area contributed by atoms with Gasteiger partial charge in [-0.25, -0.2) is 0 Å². The predicted molar refractivity (Wildman–Crippen MR) is 114 cm³/mol. The lowest BCUT2D eigenvalue weighted by Gasteiger charge is -2.09. The molecule has 7 nitrogen and oxygen atoms in total. The van der Waals surface area contributed by atoms with E-state index >= 15 is 0 Å². The highest BCUT2D eigenvalue weighted by atomic mass is 16.5. The van der Waals surface area contributed by atoms with Crippen LogP contribution < -0.4 is 5.32 Å². The number of amides is 1. The van der Waals surface area contributed by atoms with Crippen molar-refractivity contribution < 1.29 is 9.32 Å². The summed E-state index contributed by atoms with van der Waals surface area (Å²) in [5.41, 5.74) is 4.59. The Morgan fingerprint density at radius 2 is 1.87 bits per heavy atom. The van der Waals surface area contributed by atoms with Crippen LogP contribution in [0.1, 0.15) is 28.8 Å². The summed E-state index contributed by atoms with van der Waals surface area (Å²) in [6, 6.07) is 15.7. The summed E-state index contributed by atoms with van der Waals surface area (Å²) in [4.78, 5) is 21.2. The molecule has 0 unspecified atom stereocenters. The molecule has 0 aliphatic rings. The van der Waals surface area contributed by atoms with Gasteiger partial charge in [0.1, 0.15) is 0 Å². The number of carbonyl (C=O) groups is 1. The van der Waals surface area contributed by atoms with Gasteiger partial charge in [0.2, 0.25) is 0 Å². The minimum atomic E-state index is -0.102. The molecule has 0 aliphatic carbocycles. The number of carbonyl (C=O) groups excluding carboxylic acids is 1. The third-order valence-electron chi connectivity index (χ3n) is 5.03. The fourth-order valence-corrected chi connectivity index (χ4v) is 3.48. The largest absolute Gasteiger partial charge is 0.352 e. The number of nitrogens with zero attached hydrogens (tertiary/aromatic N) is 4. The van der Waals surface area contributed by atoms with E-state index in [2.05, 4.69) is 44.1 Å². The fraction of sp³-hybridized carbons (Fsp3) is 0.217. The molecule has 30 heavy (non-hydrogen) atoms. The van der Waals surface area contributed by atoms with Gasteiger partial charge in [0, 0.05) is 48.9 Å². The third kappa shape index (κ3) is 4.00. The van der Waals surface area contributed by atoms with Crippen LogP contribution in [0.3, 0.4) is 0 Å². The van der Waals surface area contributed by atoms with Crippen molar-refractivity contribution in [1.29, 1.82) is 0 Å². The Kier molecular flexibility index (Phi) is 5.70. The smallest absolute Gasteiger partial charge is 0.258 e. The molecule has 0 radical (unpaired) electrons. The van der Waals surface area contributed by atoms with Gasteiger partial charge in [0.05, 0.1) is 5.56 Å². The second kappa shape index (κ2) is 8.73. The lowest BCUT2D eigenvalue weighted by molar-refractivity contribution is 0.0953. The molecule has 0 bridgehead atoms. The van der Waals surface area contributed by atoms with Crippen molar-refractivity contribution in [2.75, 3.05) is 6.54 Å². The van der Waals surface area contributed by atoms with Gasteiger partial charge >= 0.3 is 0 Å². The minimum absolute atomic E-state index is 0.102. The molecule has 152 valence electrons. The lowest BCUT2D eigenvalue weighted by Crippen LogP contribution is -2.26. The van der Waals surface area contributed by atoms with Crippen LogP contribution >= 0.6 is 0 Å². The van der Waals surface area contributed by atoms with Gasteiger partial charge in [-0.2, -0.15) is 4.98 Å². The average Bonchev–Trinajstić information content (AvgIpc) is 3.39. The van der Waals surface area contributed by atoms with Gasteiger partial charge in [-0.15, -0.1) is 0 Å². The quantitative estimate of drug-likeness (QED) is 0.508. The molecule has 0 saturated carbocycles. The maximum atomic E-state index is 12.8. The van der Waals surface area contributed by atoms with E-state index in [1.165, 1.54) is 0 Å². The fourth-order valence-electron chi connectivity index (χ4n) is 3.48. The lowest BCUT2D eigenvalue weighted by atomic mass is 10.1. The van der Waals surface area contributed by atoms with Crippen LogP contribution in [0, 0.1) is 6.92 Å². The van der Waals surface area contributed by atoms with Crippen LogP contribution in [-0.2, 0) is 13.0 Å². The summed E-state index contributed by atoms with van der Waals surface area (Å²) in [5.74, 6) is 0.895. The van der Waals surface area contributed by atoms with E-state index < -0.39 is 0 Å². The summed E-state index contributed by atoms with van der Waals surface area (Å²) in [5, 5.41) is 6.96. The Hall–Kier alpha value is -3.74. The molecule has 0 saturated heterocycles. The molecule has 0 aliphatic heterocycles. The SMILES string of the molecule is CCn1c(-c2ccccc2)cc(C(=O)NCCc2noc(-c3ccncc3)n2)c1C. The number of hydrogen-bond donors (Lipinski definition) is 1. The van der Waals surface area contributed by atoms with Crippen LogP contribution in [0.15, 0.2) is 65.4 Å². The molecule has 7 heteroatoms. The first-order valence-electron chi connectivity index (χ1n) is 9.94. The van der Waals surface area contributed by atoms with Gasteiger partial charge in [-0.1, -0.05) is 35.5 Å². The van der Waals surface area contributed by atoms with Crippen LogP contribution in [0.25, 0.3) is 22.7 Å². The van der Waals surface area contributed by atoms with Crippen LogP contribution in [0.4, 0.5) is 0 Å². The number of aromatic nitrogens is 4. The highest BCUT2D eigenvalue weighted by Gasteiger charge is 2.18. The first kappa shape index (κ1) is 19.6. The molecular formula is C23H23N5O2. The molecule has 0 fully saturated rings. The van der Waals surface area contributed by atoms with E-state index in [9.17, 15) is 4.79 Å². The summed E-state index contributed by atoms with van der Waals surface area (Å²) >= 11 is 0. The van der Waals surface area contributed by atoms with E-state index in [-0.39, 0.29) is 5.91 Å². The molecular weight excluding hydrogens is 378 g/mol. The molecule has 1 amide bonds. The second-order valence-corrected chi connectivity index (χ2v) is 6.90. The van der Waals surface area contributed by atoms with Crippen molar-refractivity contribution in [1.82, 2.24) is 25.0 Å². The molecule has 0 spiro atoms. The number of nitrogens with one attached hydrogen (secondary N) is 1.